The minimum Gasteiger partial charge on any atom is -0.481 e. The zero-order chi connectivity index (χ0) is 33.2. The van der Waals surface area contributed by atoms with Gasteiger partial charge in [-0.3, -0.25) is 9.59 Å². The first kappa shape index (κ1) is 33.9. The van der Waals surface area contributed by atoms with Crippen LogP contribution >= 0.6 is 11.8 Å². The number of aliphatic carboxylic acids is 1. The van der Waals surface area contributed by atoms with Crippen molar-refractivity contribution in [1.82, 2.24) is 5.32 Å². The van der Waals surface area contributed by atoms with Crippen LogP contribution in [0.5, 0.6) is 0 Å². The van der Waals surface area contributed by atoms with E-state index in [1.807, 2.05) is 72.8 Å². The Labute approximate surface area is 277 Å². The number of ether oxygens (including phenoxy) is 2. The van der Waals surface area contributed by atoms with E-state index in [4.69, 9.17) is 14.6 Å². The highest BCUT2D eigenvalue weighted by atomic mass is 32.2. The van der Waals surface area contributed by atoms with Gasteiger partial charge < -0.3 is 30.1 Å². The van der Waals surface area contributed by atoms with Crippen LogP contribution in [-0.2, 0) is 32.2 Å². The number of nitrogens with one attached hydrogen (secondary N) is 1. The molecule has 4 N–H and O–H groups in total. The summed E-state index contributed by atoms with van der Waals surface area (Å²) in [5, 5.41) is 30.3. The molecule has 0 spiro atoms. The normalized spacial score (nSPS) is 17.6. The maximum Gasteiger partial charge on any atom is 0.335 e. The number of aromatic carboxylic acids is 1. The number of aliphatic hydroxyl groups excluding tert-OH is 1. The summed E-state index contributed by atoms with van der Waals surface area (Å²) < 4.78 is 12.9. The van der Waals surface area contributed by atoms with E-state index in [2.05, 4.69) is 5.32 Å². The average molecular weight is 656 g/mol. The van der Waals surface area contributed by atoms with E-state index >= 15 is 0 Å². The Hall–Kier alpha value is -4.48. The second-order valence-corrected chi connectivity index (χ2v) is 12.4. The smallest absolute Gasteiger partial charge is 0.335 e. The molecule has 4 aromatic rings. The van der Waals surface area contributed by atoms with Crippen molar-refractivity contribution >= 4 is 29.6 Å². The molecule has 0 aromatic heterocycles. The summed E-state index contributed by atoms with van der Waals surface area (Å²) in [6.07, 6.45) is 0.110. The molecule has 4 aromatic carbocycles. The van der Waals surface area contributed by atoms with Gasteiger partial charge >= 0.3 is 11.9 Å². The molecule has 0 bridgehead atoms. The van der Waals surface area contributed by atoms with Gasteiger partial charge in [0.05, 0.1) is 24.4 Å². The molecule has 5 rings (SSSR count). The molecule has 1 heterocycles. The molecule has 0 aliphatic carbocycles. The monoisotopic (exact) mass is 655 g/mol. The lowest BCUT2D eigenvalue weighted by Crippen LogP contribution is -2.31. The van der Waals surface area contributed by atoms with Crippen LogP contribution in [0.4, 0.5) is 0 Å². The number of thioether (sulfide) groups is 1. The Bertz CT molecular complexity index is 1660. The third kappa shape index (κ3) is 9.76. The summed E-state index contributed by atoms with van der Waals surface area (Å²) >= 11 is 1.60. The largest absolute Gasteiger partial charge is 0.481 e. The summed E-state index contributed by atoms with van der Waals surface area (Å²) in [4.78, 5) is 35.0. The van der Waals surface area contributed by atoms with Crippen LogP contribution in [0.15, 0.2) is 102 Å². The zero-order valence-corrected chi connectivity index (χ0v) is 26.5. The molecule has 9 nitrogen and oxygen atoms in total. The SMILES string of the molecule is O=C(O)CCCC(=O)NCc1cccc(-c2ccc(C3OC(CSc4ccc(C(=O)O)cc4)CC(c4ccc(CO)cc4)O3)cc2)c1. The van der Waals surface area contributed by atoms with Gasteiger partial charge in [-0.25, -0.2) is 4.79 Å². The quantitative estimate of drug-likeness (QED) is 0.109. The number of rotatable bonds is 14. The number of hydrogen-bond acceptors (Lipinski definition) is 7. The van der Waals surface area contributed by atoms with Gasteiger partial charge in [0.15, 0.2) is 6.29 Å². The fourth-order valence-electron chi connectivity index (χ4n) is 5.29. The van der Waals surface area contributed by atoms with Gasteiger partial charge in [-0.2, -0.15) is 0 Å². The Morgan fingerprint density at radius 1 is 0.787 bits per heavy atom. The highest BCUT2D eigenvalue weighted by Gasteiger charge is 2.32. The van der Waals surface area contributed by atoms with Crippen LogP contribution in [0.2, 0.25) is 0 Å². The van der Waals surface area contributed by atoms with E-state index < -0.39 is 18.2 Å². The van der Waals surface area contributed by atoms with Crippen molar-refractivity contribution in [2.75, 3.05) is 5.75 Å². The number of aliphatic hydroxyl groups is 1. The maximum absolute atomic E-state index is 12.1. The Kier molecular flexibility index (Phi) is 11.8. The topological polar surface area (TPSA) is 142 Å². The Morgan fingerprint density at radius 3 is 2.19 bits per heavy atom. The van der Waals surface area contributed by atoms with Crippen molar-refractivity contribution in [3.63, 3.8) is 0 Å². The van der Waals surface area contributed by atoms with Gasteiger partial charge in [-0.1, -0.05) is 66.7 Å². The molecule has 3 atom stereocenters. The minimum absolute atomic E-state index is 0.0294. The van der Waals surface area contributed by atoms with Crippen molar-refractivity contribution in [3.8, 4) is 11.1 Å². The van der Waals surface area contributed by atoms with Gasteiger partial charge in [-0.05, 0) is 64.6 Å². The third-order valence-electron chi connectivity index (χ3n) is 7.88. The highest BCUT2D eigenvalue weighted by Crippen LogP contribution is 2.40. The van der Waals surface area contributed by atoms with Crippen molar-refractivity contribution < 1.29 is 39.2 Å². The number of benzene rings is 4. The minimum atomic E-state index is -0.957. The number of carbonyl (C=O) groups is 3. The first-order valence-electron chi connectivity index (χ1n) is 15.4. The number of hydrogen-bond donors (Lipinski definition) is 4. The van der Waals surface area contributed by atoms with E-state index in [0.29, 0.717) is 25.1 Å². The summed E-state index contributed by atoms with van der Waals surface area (Å²) in [7, 11) is 0. The van der Waals surface area contributed by atoms with Crippen molar-refractivity contribution in [1.29, 1.82) is 0 Å². The van der Waals surface area contributed by atoms with Crippen LogP contribution in [0.1, 0.15) is 70.7 Å². The lowest BCUT2D eigenvalue weighted by molar-refractivity contribution is -0.245. The molecule has 1 amide bonds. The lowest BCUT2D eigenvalue weighted by Gasteiger charge is -2.36. The van der Waals surface area contributed by atoms with Gasteiger partial charge in [0.2, 0.25) is 5.91 Å². The fourth-order valence-corrected chi connectivity index (χ4v) is 6.21. The van der Waals surface area contributed by atoms with Gasteiger partial charge in [0.25, 0.3) is 0 Å². The van der Waals surface area contributed by atoms with Crippen LogP contribution in [0.25, 0.3) is 11.1 Å². The van der Waals surface area contributed by atoms with Gasteiger partial charge in [0.1, 0.15) is 0 Å². The van der Waals surface area contributed by atoms with Crippen LogP contribution in [0, 0.1) is 0 Å². The number of carboxylic acids is 2. The molecule has 0 radical (unpaired) electrons. The molecular formula is C37H37NO8S. The summed E-state index contributed by atoms with van der Waals surface area (Å²) in [6, 6.07) is 30.4. The lowest BCUT2D eigenvalue weighted by atomic mass is 9.99. The first-order chi connectivity index (χ1) is 22.8. The predicted molar refractivity (Wildman–Crippen MR) is 178 cm³/mol. The van der Waals surface area contributed by atoms with Gasteiger partial charge in [-0.15, -0.1) is 11.8 Å². The first-order valence-corrected chi connectivity index (χ1v) is 16.4. The molecule has 0 saturated carbocycles. The van der Waals surface area contributed by atoms with Crippen molar-refractivity contribution in [2.24, 2.45) is 0 Å². The Morgan fingerprint density at radius 2 is 1.51 bits per heavy atom. The third-order valence-corrected chi connectivity index (χ3v) is 9.02. The van der Waals surface area contributed by atoms with E-state index in [1.54, 1.807) is 36.0 Å². The number of carboxylic acid groups (broad SMARTS) is 2. The summed E-state index contributed by atoms with van der Waals surface area (Å²) in [5.41, 5.74) is 5.86. The van der Waals surface area contributed by atoms with Crippen LogP contribution < -0.4 is 5.32 Å². The van der Waals surface area contributed by atoms with Gasteiger partial charge in [0, 0.05) is 42.0 Å². The van der Waals surface area contributed by atoms with E-state index in [9.17, 15) is 24.6 Å². The molecule has 1 aliphatic rings. The summed E-state index contributed by atoms with van der Waals surface area (Å²) in [6.45, 7) is 0.321. The molecule has 1 fully saturated rings. The predicted octanol–water partition coefficient (Wildman–Crippen LogP) is 6.75. The zero-order valence-electron chi connectivity index (χ0n) is 25.7. The number of amides is 1. The van der Waals surface area contributed by atoms with E-state index in [1.165, 1.54) is 0 Å². The molecule has 3 unspecified atom stereocenters. The maximum atomic E-state index is 12.1. The van der Waals surface area contributed by atoms with Crippen molar-refractivity contribution in [2.45, 2.75) is 62.2 Å². The van der Waals surface area contributed by atoms with Crippen LogP contribution in [-0.4, -0.2) is 45.0 Å². The highest BCUT2D eigenvalue weighted by molar-refractivity contribution is 7.99. The number of carbonyl (C=O) groups excluding carboxylic acids is 1. The average Bonchev–Trinajstić information content (AvgIpc) is 3.10. The Balaban J connectivity index is 1.26. The molecule has 244 valence electrons. The van der Waals surface area contributed by atoms with Crippen molar-refractivity contribution in [3.05, 3.63) is 125 Å². The second-order valence-electron chi connectivity index (χ2n) is 11.3. The molecule has 47 heavy (non-hydrogen) atoms. The molecular weight excluding hydrogens is 618 g/mol. The molecule has 1 saturated heterocycles. The van der Waals surface area contributed by atoms with Crippen LogP contribution in [0.3, 0.4) is 0 Å². The summed E-state index contributed by atoms with van der Waals surface area (Å²) in [5.74, 6) is -1.39. The molecule has 1 aliphatic heterocycles. The fraction of sp³-hybridized carbons (Fsp3) is 0.270. The standard InChI is InChI=1S/C37H37NO8S/c39-22-24-7-9-27(10-8-24)33-20-31(23-47-32-17-15-28(16-18-32)36(43)44)45-37(46-33)29-13-11-26(12-14-29)30-4-1-3-25(19-30)21-38-34(40)5-2-6-35(41)42/h1,3-4,7-19,31,33,37,39H,2,5-6,20-23H2,(H,38,40)(H,41,42)(H,43,44). The van der Waals surface area contributed by atoms with E-state index in [-0.39, 0.29) is 43.1 Å². The second kappa shape index (κ2) is 16.4. The molecule has 10 heteroatoms. The van der Waals surface area contributed by atoms with E-state index in [0.717, 1.165) is 38.3 Å².